The van der Waals surface area contributed by atoms with Gasteiger partial charge in [0.2, 0.25) is 5.91 Å². The number of carbonyl (C=O) groups excluding carboxylic acids is 1. The summed E-state index contributed by atoms with van der Waals surface area (Å²) < 4.78 is 16.0. The molecule has 0 unspecified atom stereocenters. The van der Waals surface area contributed by atoms with E-state index < -0.39 is 0 Å². The fourth-order valence-electron chi connectivity index (χ4n) is 2.39. The highest BCUT2D eigenvalue weighted by Crippen LogP contribution is 2.36. The molecule has 0 atom stereocenters. The first-order valence-electron chi connectivity index (χ1n) is 8.57. The fourth-order valence-corrected chi connectivity index (χ4v) is 2.69. The van der Waals surface area contributed by atoms with Gasteiger partial charge in [0.05, 0.1) is 31.9 Å². The third kappa shape index (κ3) is 6.22. The maximum atomic E-state index is 12.2. The number of methoxy groups -OCH3 is 2. The molecule has 2 rings (SSSR count). The maximum Gasteiger partial charge on any atom is 0.248 e. The molecule has 2 aromatic rings. The second-order valence-corrected chi connectivity index (χ2v) is 6.11. The summed E-state index contributed by atoms with van der Waals surface area (Å²) in [4.78, 5) is 12.2. The Kier molecular flexibility index (Phi) is 8.19. The van der Waals surface area contributed by atoms with Crippen molar-refractivity contribution in [3.05, 3.63) is 53.1 Å². The van der Waals surface area contributed by atoms with Crippen LogP contribution in [0.2, 0.25) is 5.02 Å². The van der Waals surface area contributed by atoms with Crippen LogP contribution in [0.5, 0.6) is 17.2 Å². The van der Waals surface area contributed by atoms with E-state index in [2.05, 4.69) is 11.4 Å². The average Bonchev–Trinajstić information content (AvgIpc) is 2.69. The number of hydrogen-bond donors (Lipinski definition) is 1. The van der Waals surface area contributed by atoms with Gasteiger partial charge < -0.3 is 19.5 Å². The number of nitrogens with one attached hydrogen (secondary N) is 1. The van der Waals surface area contributed by atoms with Crippen LogP contribution >= 0.6 is 11.6 Å². The number of hydrogen-bond acceptors (Lipinski definition) is 5. The Bertz CT molecular complexity index is 890. The van der Waals surface area contributed by atoms with E-state index in [-0.39, 0.29) is 5.91 Å². The Morgan fingerprint density at radius 1 is 1.25 bits per heavy atom. The summed E-state index contributed by atoms with van der Waals surface area (Å²) in [6, 6.07) is 12.6. The van der Waals surface area contributed by atoms with Crippen LogP contribution in [0.1, 0.15) is 18.4 Å². The molecular weight excluding hydrogens is 380 g/mol. The zero-order valence-electron chi connectivity index (χ0n) is 15.7. The molecule has 28 heavy (non-hydrogen) atoms. The van der Waals surface area contributed by atoms with Crippen LogP contribution < -0.4 is 19.5 Å². The summed E-state index contributed by atoms with van der Waals surface area (Å²) in [6.45, 7) is 0.449. The van der Waals surface area contributed by atoms with Crippen LogP contribution in [0.3, 0.4) is 0 Å². The SMILES string of the molecule is COc1cc(C=CC(=O)Nc2cccc(OCCCC#N)c2)cc(Cl)c1OC. The number of amides is 1. The van der Waals surface area contributed by atoms with Gasteiger partial charge in [-0.15, -0.1) is 0 Å². The van der Waals surface area contributed by atoms with Crippen LogP contribution in [-0.2, 0) is 4.79 Å². The maximum absolute atomic E-state index is 12.2. The van der Waals surface area contributed by atoms with E-state index >= 15 is 0 Å². The highest BCUT2D eigenvalue weighted by atomic mass is 35.5. The Morgan fingerprint density at radius 3 is 2.79 bits per heavy atom. The van der Waals surface area contributed by atoms with Gasteiger partial charge in [0, 0.05) is 24.3 Å². The summed E-state index contributed by atoms with van der Waals surface area (Å²) in [7, 11) is 3.03. The van der Waals surface area contributed by atoms with Gasteiger partial charge in [-0.2, -0.15) is 5.26 Å². The van der Waals surface area contributed by atoms with Gasteiger partial charge >= 0.3 is 0 Å². The summed E-state index contributed by atoms with van der Waals surface area (Å²) >= 11 is 6.17. The quantitative estimate of drug-likeness (QED) is 0.487. The van der Waals surface area contributed by atoms with E-state index in [4.69, 9.17) is 31.1 Å². The number of halogens is 1. The summed E-state index contributed by atoms with van der Waals surface area (Å²) in [6.07, 6.45) is 4.13. The van der Waals surface area contributed by atoms with Gasteiger partial charge in [0.25, 0.3) is 0 Å². The predicted molar refractivity (Wildman–Crippen MR) is 109 cm³/mol. The number of benzene rings is 2. The van der Waals surface area contributed by atoms with Crippen LogP contribution in [0, 0.1) is 11.3 Å². The summed E-state index contributed by atoms with van der Waals surface area (Å²) in [5.41, 5.74) is 1.31. The third-order valence-electron chi connectivity index (χ3n) is 3.69. The number of ether oxygens (including phenoxy) is 3. The zero-order valence-corrected chi connectivity index (χ0v) is 16.5. The molecule has 1 amide bonds. The lowest BCUT2D eigenvalue weighted by Gasteiger charge is -2.10. The molecule has 0 saturated heterocycles. The summed E-state index contributed by atoms with van der Waals surface area (Å²) in [5.74, 6) is 1.26. The van der Waals surface area contributed by atoms with Crippen molar-refractivity contribution in [1.82, 2.24) is 0 Å². The molecule has 146 valence electrons. The van der Waals surface area contributed by atoms with Gasteiger partial charge in [-0.25, -0.2) is 0 Å². The first kappa shape index (κ1) is 21.1. The van der Waals surface area contributed by atoms with Crippen molar-refractivity contribution in [3.63, 3.8) is 0 Å². The van der Waals surface area contributed by atoms with Crippen molar-refractivity contribution in [3.8, 4) is 23.3 Å². The van der Waals surface area contributed by atoms with Crippen molar-refractivity contribution in [2.75, 3.05) is 26.1 Å². The number of unbranched alkanes of at least 4 members (excludes halogenated alkanes) is 1. The lowest BCUT2D eigenvalue weighted by Crippen LogP contribution is -2.08. The predicted octanol–water partition coefficient (Wildman–Crippen LogP) is 4.69. The van der Waals surface area contributed by atoms with Crippen molar-refractivity contribution in [2.24, 2.45) is 0 Å². The second-order valence-electron chi connectivity index (χ2n) is 5.70. The second kappa shape index (κ2) is 10.9. The van der Waals surface area contributed by atoms with Crippen LogP contribution in [0.25, 0.3) is 6.08 Å². The van der Waals surface area contributed by atoms with Gasteiger partial charge in [-0.05, 0) is 42.3 Å². The lowest BCUT2D eigenvalue weighted by molar-refractivity contribution is -0.111. The molecule has 0 heterocycles. The van der Waals surface area contributed by atoms with Crippen molar-refractivity contribution < 1.29 is 19.0 Å². The molecule has 1 N–H and O–H groups in total. The first-order chi connectivity index (χ1) is 13.6. The molecule has 0 radical (unpaired) electrons. The van der Waals surface area contributed by atoms with E-state index in [0.29, 0.717) is 53.0 Å². The van der Waals surface area contributed by atoms with E-state index in [1.54, 1.807) is 42.5 Å². The molecule has 0 aliphatic heterocycles. The molecule has 6 nitrogen and oxygen atoms in total. The van der Waals surface area contributed by atoms with E-state index in [9.17, 15) is 4.79 Å². The van der Waals surface area contributed by atoms with Crippen molar-refractivity contribution in [1.29, 1.82) is 5.26 Å². The zero-order chi connectivity index (χ0) is 20.4. The van der Waals surface area contributed by atoms with Crippen LogP contribution in [-0.4, -0.2) is 26.7 Å². The Morgan fingerprint density at radius 2 is 2.07 bits per heavy atom. The first-order valence-corrected chi connectivity index (χ1v) is 8.95. The fraction of sp³-hybridized carbons (Fsp3) is 0.238. The number of nitriles is 1. The number of carbonyl (C=O) groups is 1. The topological polar surface area (TPSA) is 80.6 Å². The van der Waals surface area contributed by atoms with Crippen molar-refractivity contribution >= 4 is 29.3 Å². The minimum atomic E-state index is -0.299. The van der Waals surface area contributed by atoms with Gasteiger partial charge in [0.1, 0.15) is 5.75 Å². The van der Waals surface area contributed by atoms with Gasteiger partial charge in [0.15, 0.2) is 11.5 Å². The molecule has 0 aliphatic carbocycles. The van der Waals surface area contributed by atoms with Crippen LogP contribution in [0.15, 0.2) is 42.5 Å². The normalized spacial score (nSPS) is 10.4. The van der Waals surface area contributed by atoms with Crippen molar-refractivity contribution in [2.45, 2.75) is 12.8 Å². The third-order valence-corrected chi connectivity index (χ3v) is 3.97. The molecule has 0 aliphatic rings. The number of rotatable bonds is 9. The monoisotopic (exact) mass is 400 g/mol. The van der Waals surface area contributed by atoms with Gasteiger partial charge in [-0.1, -0.05) is 17.7 Å². The minimum Gasteiger partial charge on any atom is -0.493 e. The molecule has 0 fully saturated rings. The highest BCUT2D eigenvalue weighted by Gasteiger charge is 2.10. The van der Waals surface area contributed by atoms with E-state index in [1.807, 2.05) is 0 Å². The standard InChI is InChI=1S/C21H21ClN2O4/c1-26-19-13-15(12-18(22)21(19)27-2)8-9-20(25)24-16-6-5-7-17(14-16)28-11-4-3-10-23/h5-9,12-14H,3-4,11H2,1-2H3,(H,24,25). The lowest BCUT2D eigenvalue weighted by atomic mass is 10.2. The molecule has 7 heteroatoms. The van der Waals surface area contributed by atoms with E-state index in [0.717, 1.165) is 0 Å². The van der Waals surface area contributed by atoms with E-state index in [1.165, 1.54) is 20.3 Å². The Hall–Kier alpha value is -3.17. The minimum absolute atomic E-state index is 0.299. The summed E-state index contributed by atoms with van der Waals surface area (Å²) in [5, 5.41) is 11.7. The van der Waals surface area contributed by atoms with Gasteiger partial charge in [-0.3, -0.25) is 4.79 Å². The highest BCUT2D eigenvalue weighted by molar-refractivity contribution is 6.32. The molecule has 2 aromatic carbocycles. The molecule has 0 saturated carbocycles. The Balaban J connectivity index is 2.00. The molecule has 0 bridgehead atoms. The Labute approximate surface area is 169 Å². The molecule has 0 aromatic heterocycles. The number of anilines is 1. The smallest absolute Gasteiger partial charge is 0.248 e. The van der Waals surface area contributed by atoms with Crippen LogP contribution in [0.4, 0.5) is 5.69 Å². The molecular formula is C21H21ClN2O4. The largest absolute Gasteiger partial charge is 0.493 e. The molecule has 0 spiro atoms. The number of nitrogens with zero attached hydrogens (tertiary/aromatic N) is 1. The average molecular weight is 401 g/mol.